The van der Waals surface area contributed by atoms with Crippen molar-refractivity contribution < 1.29 is 0 Å². The van der Waals surface area contributed by atoms with E-state index in [1.807, 2.05) is 6.92 Å². The average Bonchev–Trinajstić information content (AvgIpc) is 3.11. The Morgan fingerprint density at radius 1 is 1.29 bits per heavy atom. The van der Waals surface area contributed by atoms with Gasteiger partial charge >= 0.3 is 0 Å². The summed E-state index contributed by atoms with van der Waals surface area (Å²) < 4.78 is 0. The van der Waals surface area contributed by atoms with E-state index in [4.69, 9.17) is 5.73 Å². The number of nitrogens with two attached hydrogens (primary N) is 1. The van der Waals surface area contributed by atoms with Gasteiger partial charge in [0.25, 0.3) is 0 Å². The summed E-state index contributed by atoms with van der Waals surface area (Å²) in [7, 11) is 0. The third-order valence-electron chi connectivity index (χ3n) is 5.31. The first kappa shape index (κ1) is 13.2. The van der Waals surface area contributed by atoms with Gasteiger partial charge in [-0.2, -0.15) is 0 Å². The zero-order valence-corrected chi connectivity index (χ0v) is 12.6. The Kier molecular flexibility index (Phi) is 3.20. The Hall–Kier alpha value is -1.45. The van der Waals surface area contributed by atoms with Crippen molar-refractivity contribution in [3.8, 4) is 0 Å². The molecule has 2 aliphatic rings. The van der Waals surface area contributed by atoms with Crippen LogP contribution in [0.4, 0.5) is 0 Å². The number of piperidine rings is 1. The van der Waals surface area contributed by atoms with Crippen LogP contribution in [0.15, 0.2) is 30.3 Å². The van der Waals surface area contributed by atoms with E-state index in [2.05, 4.69) is 40.2 Å². The highest BCUT2D eigenvalue weighted by Crippen LogP contribution is 2.42. The topological polar surface area (TPSA) is 42.1 Å². The quantitative estimate of drug-likeness (QED) is 0.940. The number of pyridine rings is 1. The first-order chi connectivity index (χ1) is 10.2. The molecule has 3 unspecified atom stereocenters. The van der Waals surface area contributed by atoms with Crippen LogP contribution in [0.1, 0.15) is 36.6 Å². The van der Waals surface area contributed by atoms with Gasteiger partial charge in [0.2, 0.25) is 0 Å². The molecule has 1 aliphatic heterocycles. The van der Waals surface area contributed by atoms with Crippen molar-refractivity contribution >= 4 is 10.9 Å². The minimum atomic E-state index is 0.367. The van der Waals surface area contributed by atoms with Crippen molar-refractivity contribution in [2.24, 2.45) is 11.7 Å². The van der Waals surface area contributed by atoms with Crippen LogP contribution >= 0.6 is 0 Å². The Morgan fingerprint density at radius 3 is 2.90 bits per heavy atom. The summed E-state index contributed by atoms with van der Waals surface area (Å²) >= 11 is 0. The summed E-state index contributed by atoms with van der Waals surface area (Å²) in [6.07, 6.45) is 4.15. The monoisotopic (exact) mass is 281 g/mol. The van der Waals surface area contributed by atoms with E-state index in [0.717, 1.165) is 23.2 Å². The van der Waals surface area contributed by atoms with Crippen molar-refractivity contribution in [3.63, 3.8) is 0 Å². The first-order valence-corrected chi connectivity index (χ1v) is 8.07. The van der Waals surface area contributed by atoms with Crippen LogP contribution < -0.4 is 5.73 Å². The summed E-state index contributed by atoms with van der Waals surface area (Å²) in [5, 5.41) is 1.22. The fourth-order valence-electron chi connectivity index (χ4n) is 4.26. The fraction of sp³-hybridized carbons (Fsp3) is 0.500. The fourth-order valence-corrected chi connectivity index (χ4v) is 4.26. The van der Waals surface area contributed by atoms with E-state index in [9.17, 15) is 0 Å². The molecule has 2 aromatic rings. The lowest BCUT2D eigenvalue weighted by molar-refractivity contribution is 0.153. The first-order valence-electron chi connectivity index (χ1n) is 8.07. The molecule has 21 heavy (non-hydrogen) atoms. The minimum Gasteiger partial charge on any atom is -0.329 e. The Bertz CT molecular complexity index is 667. The van der Waals surface area contributed by atoms with E-state index < -0.39 is 0 Å². The Balaban J connectivity index is 1.68. The molecule has 0 spiro atoms. The van der Waals surface area contributed by atoms with Gasteiger partial charge in [0, 0.05) is 36.3 Å². The molecule has 1 aromatic heterocycles. The van der Waals surface area contributed by atoms with Crippen LogP contribution in [0.3, 0.4) is 0 Å². The van der Waals surface area contributed by atoms with Crippen molar-refractivity contribution in [1.82, 2.24) is 9.88 Å². The minimum absolute atomic E-state index is 0.367. The SMILES string of the molecule is Cc1ccc2cc(C(CN)N3CC4CCC3C4)ccc2n1. The normalized spacial score (nSPS) is 26.6. The van der Waals surface area contributed by atoms with Crippen LogP contribution in [-0.4, -0.2) is 29.0 Å². The highest BCUT2D eigenvalue weighted by atomic mass is 15.2. The summed E-state index contributed by atoms with van der Waals surface area (Å²) in [4.78, 5) is 7.24. The molecular formula is C18H23N3. The Labute approximate surface area is 126 Å². The van der Waals surface area contributed by atoms with Gasteiger partial charge < -0.3 is 5.73 Å². The van der Waals surface area contributed by atoms with Crippen molar-refractivity contribution in [1.29, 1.82) is 0 Å². The van der Waals surface area contributed by atoms with E-state index in [-0.39, 0.29) is 0 Å². The number of nitrogens with zero attached hydrogens (tertiary/aromatic N) is 2. The smallest absolute Gasteiger partial charge is 0.0705 e. The van der Waals surface area contributed by atoms with E-state index in [1.54, 1.807) is 0 Å². The largest absolute Gasteiger partial charge is 0.329 e. The van der Waals surface area contributed by atoms with Gasteiger partial charge in [0.1, 0.15) is 0 Å². The third kappa shape index (κ3) is 2.25. The molecule has 2 bridgehead atoms. The zero-order valence-electron chi connectivity index (χ0n) is 12.6. The number of aromatic nitrogens is 1. The molecule has 0 radical (unpaired) electrons. The lowest BCUT2D eigenvalue weighted by Gasteiger charge is -2.34. The second-order valence-electron chi connectivity index (χ2n) is 6.69. The van der Waals surface area contributed by atoms with Gasteiger partial charge in [-0.05, 0) is 55.9 Å². The summed E-state index contributed by atoms with van der Waals surface area (Å²) in [5.74, 6) is 0.911. The summed E-state index contributed by atoms with van der Waals surface area (Å²) in [5.41, 5.74) is 9.63. The second kappa shape index (κ2) is 5.08. The number of likely N-dealkylation sites (tertiary alicyclic amines) is 1. The average molecular weight is 281 g/mol. The molecule has 1 saturated heterocycles. The third-order valence-corrected chi connectivity index (χ3v) is 5.31. The molecule has 1 aromatic carbocycles. The highest BCUT2D eigenvalue weighted by Gasteiger charge is 2.40. The Morgan fingerprint density at radius 2 is 2.19 bits per heavy atom. The number of hydrogen-bond donors (Lipinski definition) is 1. The van der Waals surface area contributed by atoms with Gasteiger partial charge in [0.15, 0.2) is 0 Å². The van der Waals surface area contributed by atoms with Gasteiger partial charge in [-0.3, -0.25) is 9.88 Å². The number of rotatable bonds is 3. The summed E-state index contributed by atoms with van der Waals surface area (Å²) in [6.45, 7) is 3.97. The van der Waals surface area contributed by atoms with Crippen LogP contribution in [0, 0.1) is 12.8 Å². The number of benzene rings is 1. The number of fused-ring (bicyclic) bond motifs is 3. The van der Waals surface area contributed by atoms with Crippen molar-refractivity contribution in [3.05, 3.63) is 41.6 Å². The van der Waals surface area contributed by atoms with Crippen LogP contribution in [-0.2, 0) is 0 Å². The molecule has 3 atom stereocenters. The number of hydrogen-bond acceptors (Lipinski definition) is 3. The lowest BCUT2D eigenvalue weighted by atomic mass is 10.00. The molecule has 3 nitrogen and oxygen atoms in total. The maximum Gasteiger partial charge on any atom is 0.0705 e. The predicted octanol–water partition coefficient (Wildman–Crippen LogP) is 3.03. The molecule has 1 aliphatic carbocycles. The molecule has 1 saturated carbocycles. The molecule has 0 amide bonds. The van der Waals surface area contributed by atoms with Crippen LogP contribution in [0.2, 0.25) is 0 Å². The maximum atomic E-state index is 6.13. The van der Waals surface area contributed by atoms with Gasteiger partial charge in [-0.1, -0.05) is 12.1 Å². The van der Waals surface area contributed by atoms with Crippen LogP contribution in [0.25, 0.3) is 10.9 Å². The highest BCUT2D eigenvalue weighted by molar-refractivity contribution is 5.79. The second-order valence-corrected chi connectivity index (χ2v) is 6.69. The van der Waals surface area contributed by atoms with Crippen LogP contribution in [0.5, 0.6) is 0 Å². The summed E-state index contributed by atoms with van der Waals surface area (Å²) in [6, 6.07) is 12.0. The molecule has 2 N–H and O–H groups in total. The van der Waals surface area contributed by atoms with E-state index in [1.165, 1.54) is 36.8 Å². The van der Waals surface area contributed by atoms with Gasteiger partial charge in [0.05, 0.1) is 5.52 Å². The molecule has 3 heteroatoms. The standard InChI is InChI=1S/C18H23N3/c1-12-2-4-14-9-15(5-7-17(14)20-12)18(10-19)21-11-13-3-6-16(21)8-13/h2,4-5,7,9,13,16,18H,3,6,8,10-11,19H2,1H3. The maximum absolute atomic E-state index is 6.13. The predicted molar refractivity (Wildman–Crippen MR) is 86.1 cm³/mol. The molecule has 2 fully saturated rings. The van der Waals surface area contributed by atoms with Crippen molar-refractivity contribution in [2.45, 2.75) is 38.3 Å². The molecule has 2 heterocycles. The van der Waals surface area contributed by atoms with Gasteiger partial charge in [-0.25, -0.2) is 0 Å². The lowest BCUT2D eigenvalue weighted by Crippen LogP contribution is -2.39. The zero-order chi connectivity index (χ0) is 14.4. The van der Waals surface area contributed by atoms with E-state index in [0.29, 0.717) is 12.6 Å². The van der Waals surface area contributed by atoms with Gasteiger partial charge in [-0.15, -0.1) is 0 Å². The molecule has 110 valence electrons. The molecular weight excluding hydrogens is 258 g/mol. The van der Waals surface area contributed by atoms with Crippen molar-refractivity contribution in [2.75, 3.05) is 13.1 Å². The molecule has 4 rings (SSSR count). The van der Waals surface area contributed by atoms with E-state index >= 15 is 0 Å². The number of aryl methyl sites for hydroxylation is 1.